The number of methoxy groups -OCH3 is 1. The predicted molar refractivity (Wildman–Crippen MR) is 106 cm³/mol. The second kappa shape index (κ2) is 8.72. The predicted octanol–water partition coefficient (Wildman–Crippen LogP) is 3.02. The van der Waals surface area contributed by atoms with Crippen LogP contribution >= 0.6 is 0 Å². The number of nitrogens with one attached hydrogen (secondary N) is 1. The molecule has 0 saturated carbocycles. The molecule has 2 aromatic rings. The van der Waals surface area contributed by atoms with E-state index in [1.54, 1.807) is 7.11 Å². The van der Waals surface area contributed by atoms with Crippen molar-refractivity contribution >= 4 is 17.3 Å². The summed E-state index contributed by atoms with van der Waals surface area (Å²) in [5.41, 5.74) is 3.23. The summed E-state index contributed by atoms with van der Waals surface area (Å²) in [5.74, 6) is 0.943. The molecular formula is C21H27N3O2. The third kappa shape index (κ3) is 4.55. The molecule has 5 nitrogen and oxygen atoms in total. The lowest BCUT2D eigenvalue weighted by Gasteiger charge is -2.36. The van der Waals surface area contributed by atoms with Gasteiger partial charge in [0.15, 0.2) is 0 Å². The van der Waals surface area contributed by atoms with Crippen LogP contribution in [0.1, 0.15) is 12.5 Å². The summed E-state index contributed by atoms with van der Waals surface area (Å²) >= 11 is 0. The number of hydrogen-bond acceptors (Lipinski definition) is 4. The molecule has 2 aromatic carbocycles. The average Bonchev–Trinajstić information content (AvgIpc) is 2.68. The number of ether oxygens (including phenoxy) is 1. The van der Waals surface area contributed by atoms with Gasteiger partial charge in [-0.2, -0.15) is 0 Å². The van der Waals surface area contributed by atoms with Crippen molar-refractivity contribution in [2.45, 2.75) is 13.3 Å². The Balaban J connectivity index is 1.51. The summed E-state index contributed by atoms with van der Waals surface area (Å²) in [4.78, 5) is 16.9. The van der Waals surface area contributed by atoms with Crippen LogP contribution in [0.15, 0.2) is 48.5 Å². The van der Waals surface area contributed by atoms with Gasteiger partial charge in [0.2, 0.25) is 5.91 Å². The molecule has 1 fully saturated rings. The van der Waals surface area contributed by atoms with Crippen LogP contribution in [0.5, 0.6) is 5.75 Å². The molecule has 1 saturated heterocycles. The van der Waals surface area contributed by atoms with Gasteiger partial charge in [0.05, 0.1) is 19.3 Å². The highest BCUT2D eigenvalue weighted by molar-refractivity contribution is 5.92. The molecule has 0 aliphatic carbocycles. The number of rotatable bonds is 6. The summed E-state index contributed by atoms with van der Waals surface area (Å²) in [6.07, 6.45) is 0.967. The first-order valence-corrected chi connectivity index (χ1v) is 9.18. The van der Waals surface area contributed by atoms with E-state index in [1.807, 2.05) is 36.4 Å². The number of amides is 1. The van der Waals surface area contributed by atoms with E-state index in [2.05, 4.69) is 34.2 Å². The van der Waals surface area contributed by atoms with Gasteiger partial charge < -0.3 is 15.0 Å². The van der Waals surface area contributed by atoms with Crippen molar-refractivity contribution in [3.63, 3.8) is 0 Å². The van der Waals surface area contributed by atoms with Gasteiger partial charge >= 0.3 is 0 Å². The fourth-order valence-corrected chi connectivity index (χ4v) is 3.31. The molecule has 0 aromatic heterocycles. The van der Waals surface area contributed by atoms with E-state index in [-0.39, 0.29) is 5.91 Å². The fourth-order valence-electron chi connectivity index (χ4n) is 3.31. The number of anilines is 2. The Morgan fingerprint density at radius 1 is 1.08 bits per heavy atom. The van der Waals surface area contributed by atoms with Crippen LogP contribution in [0.4, 0.5) is 11.4 Å². The minimum absolute atomic E-state index is 0.0454. The zero-order chi connectivity index (χ0) is 18.4. The minimum atomic E-state index is 0.0454. The second-order valence-corrected chi connectivity index (χ2v) is 6.54. The second-order valence-electron chi connectivity index (χ2n) is 6.54. The highest BCUT2D eigenvalue weighted by Crippen LogP contribution is 2.28. The molecule has 0 atom stereocenters. The quantitative estimate of drug-likeness (QED) is 0.867. The summed E-state index contributed by atoms with van der Waals surface area (Å²) < 4.78 is 5.46. The van der Waals surface area contributed by atoms with Gasteiger partial charge in [-0.05, 0) is 36.2 Å². The molecule has 1 amide bonds. The van der Waals surface area contributed by atoms with Gasteiger partial charge in [-0.3, -0.25) is 9.69 Å². The van der Waals surface area contributed by atoms with Crippen LogP contribution in [0, 0.1) is 0 Å². The van der Waals surface area contributed by atoms with Gasteiger partial charge in [0, 0.05) is 31.9 Å². The summed E-state index contributed by atoms with van der Waals surface area (Å²) in [6, 6.07) is 16.1. The molecule has 1 N–H and O–H groups in total. The number of carbonyl (C=O) groups is 1. The lowest BCUT2D eigenvalue weighted by atomic mass is 10.1. The topological polar surface area (TPSA) is 44.8 Å². The number of piperazine rings is 1. The Morgan fingerprint density at radius 2 is 1.85 bits per heavy atom. The van der Waals surface area contributed by atoms with Crippen molar-refractivity contribution in [2.24, 2.45) is 0 Å². The molecule has 1 aliphatic heterocycles. The van der Waals surface area contributed by atoms with E-state index >= 15 is 0 Å². The van der Waals surface area contributed by atoms with Crippen LogP contribution < -0.4 is 15.0 Å². The van der Waals surface area contributed by atoms with E-state index in [0.717, 1.165) is 49.7 Å². The first-order valence-electron chi connectivity index (χ1n) is 9.18. The van der Waals surface area contributed by atoms with Crippen molar-refractivity contribution in [1.82, 2.24) is 4.90 Å². The van der Waals surface area contributed by atoms with Crippen molar-refractivity contribution < 1.29 is 9.53 Å². The maximum Gasteiger partial charge on any atom is 0.238 e. The minimum Gasteiger partial charge on any atom is -0.495 e. The number of aryl methyl sites for hydroxylation is 1. The molecular weight excluding hydrogens is 326 g/mol. The summed E-state index contributed by atoms with van der Waals surface area (Å²) in [7, 11) is 1.70. The average molecular weight is 353 g/mol. The molecule has 26 heavy (non-hydrogen) atoms. The van der Waals surface area contributed by atoms with E-state index in [1.165, 1.54) is 5.56 Å². The number of benzene rings is 2. The Kier molecular flexibility index (Phi) is 6.12. The zero-order valence-electron chi connectivity index (χ0n) is 15.6. The highest BCUT2D eigenvalue weighted by atomic mass is 16.5. The standard InChI is InChI=1S/C21H27N3O2/c1-3-17-7-6-8-18(15-17)22-21(25)16-23-11-13-24(14-12-23)19-9-4-5-10-20(19)26-2/h4-10,15H,3,11-14,16H2,1-2H3,(H,22,25). The molecule has 138 valence electrons. The van der Waals surface area contributed by atoms with Crippen molar-refractivity contribution in [3.05, 3.63) is 54.1 Å². The van der Waals surface area contributed by atoms with Crippen LogP contribution in [0.25, 0.3) is 0 Å². The Hall–Kier alpha value is -2.53. The van der Waals surface area contributed by atoms with Crippen molar-refractivity contribution in [1.29, 1.82) is 0 Å². The molecule has 1 heterocycles. The first kappa shape index (κ1) is 18.3. The molecule has 3 rings (SSSR count). The van der Waals surface area contributed by atoms with Crippen LogP contribution in [0.3, 0.4) is 0 Å². The molecule has 0 unspecified atom stereocenters. The monoisotopic (exact) mass is 353 g/mol. The van der Waals surface area contributed by atoms with Gasteiger partial charge in [-0.25, -0.2) is 0 Å². The smallest absolute Gasteiger partial charge is 0.238 e. The highest BCUT2D eigenvalue weighted by Gasteiger charge is 2.21. The lowest BCUT2D eigenvalue weighted by molar-refractivity contribution is -0.117. The Morgan fingerprint density at radius 3 is 2.58 bits per heavy atom. The molecule has 1 aliphatic rings. The Bertz CT molecular complexity index is 740. The molecule has 0 radical (unpaired) electrons. The van der Waals surface area contributed by atoms with Gasteiger partial charge in [0.1, 0.15) is 5.75 Å². The fraction of sp³-hybridized carbons (Fsp3) is 0.381. The zero-order valence-corrected chi connectivity index (χ0v) is 15.6. The van der Waals surface area contributed by atoms with Gasteiger partial charge in [-0.1, -0.05) is 31.2 Å². The van der Waals surface area contributed by atoms with Gasteiger partial charge in [-0.15, -0.1) is 0 Å². The molecule has 0 bridgehead atoms. The van der Waals surface area contributed by atoms with Gasteiger partial charge in [0.25, 0.3) is 0 Å². The molecule has 5 heteroatoms. The normalized spacial score (nSPS) is 14.9. The van der Waals surface area contributed by atoms with E-state index in [4.69, 9.17) is 4.74 Å². The van der Waals surface area contributed by atoms with E-state index in [9.17, 15) is 4.79 Å². The van der Waals surface area contributed by atoms with Crippen molar-refractivity contribution in [3.8, 4) is 5.75 Å². The Labute approximate surface area is 155 Å². The van der Waals surface area contributed by atoms with Crippen LogP contribution in [0.2, 0.25) is 0 Å². The maximum atomic E-state index is 12.3. The third-order valence-corrected chi connectivity index (χ3v) is 4.78. The summed E-state index contributed by atoms with van der Waals surface area (Å²) in [6.45, 7) is 6.04. The number of para-hydroxylation sites is 2. The lowest BCUT2D eigenvalue weighted by Crippen LogP contribution is -2.48. The third-order valence-electron chi connectivity index (χ3n) is 4.78. The summed E-state index contributed by atoms with van der Waals surface area (Å²) in [5, 5.41) is 3.01. The van der Waals surface area contributed by atoms with Crippen LogP contribution in [-0.4, -0.2) is 50.6 Å². The number of nitrogens with zero attached hydrogens (tertiary/aromatic N) is 2. The SMILES string of the molecule is CCc1cccc(NC(=O)CN2CCN(c3ccccc3OC)CC2)c1. The van der Waals surface area contributed by atoms with E-state index < -0.39 is 0 Å². The largest absolute Gasteiger partial charge is 0.495 e. The maximum absolute atomic E-state index is 12.3. The number of hydrogen-bond donors (Lipinski definition) is 1. The van der Waals surface area contributed by atoms with Crippen LogP contribution in [-0.2, 0) is 11.2 Å². The van der Waals surface area contributed by atoms with Crippen molar-refractivity contribution in [2.75, 3.05) is 50.1 Å². The first-order chi connectivity index (χ1) is 12.7. The van der Waals surface area contributed by atoms with E-state index in [0.29, 0.717) is 6.54 Å². The molecule has 0 spiro atoms. The number of carbonyl (C=O) groups excluding carboxylic acids is 1.